The van der Waals surface area contributed by atoms with Crippen molar-refractivity contribution in [2.24, 2.45) is 5.41 Å². The third-order valence-corrected chi connectivity index (χ3v) is 2.55. The van der Waals surface area contributed by atoms with E-state index in [1.165, 1.54) is 18.4 Å². The fourth-order valence-corrected chi connectivity index (χ4v) is 1.02. The summed E-state index contributed by atoms with van der Waals surface area (Å²) in [5.74, 6) is 0. The van der Waals surface area contributed by atoms with Gasteiger partial charge in [0.25, 0.3) is 0 Å². The first-order valence-electron chi connectivity index (χ1n) is 4.52. The summed E-state index contributed by atoms with van der Waals surface area (Å²) in [4.78, 5) is 0. The van der Waals surface area contributed by atoms with Gasteiger partial charge in [-0.3, -0.25) is 0 Å². The molecule has 66 valence electrons. The van der Waals surface area contributed by atoms with Crippen molar-refractivity contribution in [3.8, 4) is 0 Å². The lowest BCUT2D eigenvalue weighted by Crippen LogP contribution is -2.10. The van der Waals surface area contributed by atoms with E-state index >= 15 is 0 Å². The number of hydrogen-bond acceptors (Lipinski definition) is 0. The molecule has 0 heterocycles. The Morgan fingerprint density at radius 1 is 1.09 bits per heavy atom. The van der Waals surface area contributed by atoms with Crippen molar-refractivity contribution >= 4 is 0 Å². The summed E-state index contributed by atoms with van der Waals surface area (Å²) in [5.41, 5.74) is 3.52. The third-order valence-electron chi connectivity index (χ3n) is 2.55. The molecule has 0 radical (unpaired) electrons. The molecule has 0 amide bonds. The highest BCUT2D eigenvalue weighted by Crippen LogP contribution is 2.29. The maximum absolute atomic E-state index is 2.33. The average Bonchev–Trinajstić information content (AvgIpc) is 1.87. The minimum atomic E-state index is 0.487. The molecule has 0 rings (SSSR count). The zero-order valence-corrected chi connectivity index (χ0v) is 8.91. The maximum atomic E-state index is 2.33. The Labute approximate surface area is 71.7 Å². The highest BCUT2D eigenvalue weighted by molar-refractivity contribution is 5.08. The monoisotopic (exact) mass is 154 g/mol. The quantitative estimate of drug-likeness (QED) is 0.535. The first-order chi connectivity index (χ1) is 4.89. The van der Waals surface area contributed by atoms with Gasteiger partial charge in [-0.2, -0.15) is 0 Å². The summed E-state index contributed by atoms with van der Waals surface area (Å²) in [5, 5.41) is 0. The highest BCUT2D eigenvalue weighted by Gasteiger charge is 2.15. The summed E-state index contributed by atoms with van der Waals surface area (Å²) < 4.78 is 0. The minimum Gasteiger partial charge on any atom is -0.0775 e. The number of hydrogen-bond donors (Lipinski definition) is 0. The van der Waals surface area contributed by atoms with E-state index < -0.39 is 0 Å². The Hall–Kier alpha value is -0.260. The van der Waals surface area contributed by atoms with Crippen molar-refractivity contribution in [2.75, 3.05) is 0 Å². The van der Waals surface area contributed by atoms with E-state index in [2.05, 4.69) is 41.5 Å². The second-order valence-corrected chi connectivity index (χ2v) is 4.47. The van der Waals surface area contributed by atoms with Gasteiger partial charge in [0.05, 0.1) is 0 Å². The fraction of sp³-hybridized carbons (Fsp3) is 0.818. The van der Waals surface area contributed by atoms with Crippen LogP contribution in [0.1, 0.15) is 54.4 Å². The molecule has 0 aromatic rings. The Balaban J connectivity index is 4.15. The highest BCUT2D eigenvalue weighted by atomic mass is 14.2. The second-order valence-electron chi connectivity index (χ2n) is 4.47. The van der Waals surface area contributed by atoms with Crippen LogP contribution in [0.4, 0.5) is 0 Å². The van der Waals surface area contributed by atoms with Crippen molar-refractivity contribution in [3.05, 3.63) is 11.1 Å². The lowest BCUT2D eigenvalue weighted by Gasteiger charge is -2.23. The molecule has 0 spiro atoms. The summed E-state index contributed by atoms with van der Waals surface area (Å²) in [6.07, 6.45) is 2.50. The fourth-order valence-electron chi connectivity index (χ4n) is 1.02. The standard InChI is InChI=1S/C11H22/c1-7-11(5,6)8-10(4)9(2)3/h7-8H2,1-6H3. The molecule has 0 fully saturated rings. The smallest absolute Gasteiger partial charge is 0.0269 e. The molecular formula is C11H22. The van der Waals surface area contributed by atoms with Gasteiger partial charge in [-0.05, 0) is 32.6 Å². The van der Waals surface area contributed by atoms with Crippen LogP contribution in [0.2, 0.25) is 0 Å². The number of allylic oxidation sites excluding steroid dienone is 2. The molecule has 0 bridgehead atoms. The van der Waals surface area contributed by atoms with Gasteiger partial charge >= 0.3 is 0 Å². The SMILES string of the molecule is CCC(C)(C)CC(C)=C(C)C. The Kier molecular flexibility index (Phi) is 3.85. The topological polar surface area (TPSA) is 0 Å². The van der Waals surface area contributed by atoms with E-state index in [-0.39, 0.29) is 0 Å². The Morgan fingerprint density at radius 3 is 1.82 bits per heavy atom. The molecule has 0 aromatic carbocycles. The van der Waals surface area contributed by atoms with Crippen molar-refractivity contribution in [1.82, 2.24) is 0 Å². The van der Waals surface area contributed by atoms with Gasteiger partial charge in [0.1, 0.15) is 0 Å². The molecule has 0 aliphatic heterocycles. The van der Waals surface area contributed by atoms with Crippen LogP contribution < -0.4 is 0 Å². The molecule has 0 aliphatic rings. The van der Waals surface area contributed by atoms with Crippen molar-refractivity contribution < 1.29 is 0 Å². The van der Waals surface area contributed by atoms with Crippen LogP contribution in [0.5, 0.6) is 0 Å². The molecule has 0 saturated heterocycles. The van der Waals surface area contributed by atoms with Gasteiger partial charge in [-0.1, -0.05) is 38.3 Å². The van der Waals surface area contributed by atoms with Crippen LogP contribution in [-0.4, -0.2) is 0 Å². The minimum absolute atomic E-state index is 0.487. The summed E-state index contributed by atoms with van der Waals surface area (Å²) >= 11 is 0. The molecule has 0 aromatic heterocycles. The van der Waals surface area contributed by atoms with Gasteiger partial charge in [0.2, 0.25) is 0 Å². The normalized spacial score (nSPS) is 11.5. The molecule has 0 aliphatic carbocycles. The van der Waals surface area contributed by atoms with Crippen LogP contribution in [0.3, 0.4) is 0 Å². The van der Waals surface area contributed by atoms with Crippen LogP contribution in [0, 0.1) is 5.41 Å². The van der Waals surface area contributed by atoms with E-state index in [9.17, 15) is 0 Å². The van der Waals surface area contributed by atoms with E-state index in [0.717, 1.165) is 0 Å². The maximum Gasteiger partial charge on any atom is -0.0269 e. The molecule has 0 heteroatoms. The van der Waals surface area contributed by atoms with Gasteiger partial charge in [0.15, 0.2) is 0 Å². The second kappa shape index (κ2) is 3.94. The predicted octanol–water partition coefficient (Wildman–Crippen LogP) is 4.17. The van der Waals surface area contributed by atoms with Crippen molar-refractivity contribution in [1.29, 1.82) is 0 Å². The van der Waals surface area contributed by atoms with Crippen LogP contribution in [0.25, 0.3) is 0 Å². The van der Waals surface area contributed by atoms with E-state index in [1.54, 1.807) is 5.57 Å². The van der Waals surface area contributed by atoms with E-state index in [1.807, 2.05) is 0 Å². The van der Waals surface area contributed by atoms with Crippen molar-refractivity contribution in [2.45, 2.75) is 54.4 Å². The van der Waals surface area contributed by atoms with Gasteiger partial charge in [-0.25, -0.2) is 0 Å². The Bertz CT molecular complexity index is 145. The molecule has 0 nitrogen and oxygen atoms in total. The summed E-state index contributed by atoms with van der Waals surface area (Å²) in [6.45, 7) is 13.6. The van der Waals surface area contributed by atoms with Crippen molar-refractivity contribution in [3.63, 3.8) is 0 Å². The first kappa shape index (κ1) is 10.7. The van der Waals surface area contributed by atoms with Crippen LogP contribution in [0.15, 0.2) is 11.1 Å². The molecule has 0 atom stereocenters. The molecule has 0 unspecified atom stereocenters. The first-order valence-corrected chi connectivity index (χ1v) is 4.52. The summed E-state index contributed by atoms with van der Waals surface area (Å²) in [6, 6.07) is 0. The lowest BCUT2D eigenvalue weighted by molar-refractivity contribution is 0.347. The largest absolute Gasteiger partial charge is 0.0775 e. The summed E-state index contributed by atoms with van der Waals surface area (Å²) in [7, 11) is 0. The molecule has 0 saturated carbocycles. The van der Waals surface area contributed by atoms with E-state index in [4.69, 9.17) is 0 Å². The zero-order chi connectivity index (χ0) is 9.07. The lowest BCUT2D eigenvalue weighted by atomic mass is 9.83. The molecule has 0 N–H and O–H groups in total. The van der Waals surface area contributed by atoms with Gasteiger partial charge in [0, 0.05) is 0 Å². The zero-order valence-electron chi connectivity index (χ0n) is 8.91. The van der Waals surface area contributed by atoms with E-state index in [0.29, 0.717) is 5.41 Å². The molecular weight excluding hydrogens is 132 g/mol. The van der Waals surface area contributed by atoms with Gasteiger partial charge in [-0.15, -0.1) is 0 Å². The van der Waals surface area contributed by atoms with Crippen LogP contribution in [-0.2, 0) is 0 Å². The molecule has 11 heavy (non-hydrogen) atoms. The van der Waals surface area contributed by atoms with Gasteiger partial charge < -0.3 is 0 Å². The Morgan fingerprint density at radius 2 is 1.55 bits per heavy atom. The average molecular weight is 154 g/mol. The van der Waals surface area contributed by atoms with Crippen LogP contribution >= 0.6 is 0 Å². The predicted molar refractivity (Wildman–Crippen MR) is 52.7 cm³/mol. The number of rotatable bonds is 3. The third kappa shape index (κ3) is 4.23.